The van der Waals surface area contributed by atoms with Gasteiger partial charge in [-0.1, -0.05) is 5.16 Å². The molecule has 19 heavy (non-hydrogen) atoms. The van der Waals surface area contributed by atoms with E-state index in [0.29, 0.717) is 18.3 Å². The first kappa shape index (κ1) is 13.5. The molecule has 0 bridgehead atoms. The summed E-state index contributed by atoms with van der Waals surface area (Å²) >= 11 is 0. The number of primary amides is 1. The van der Waals surface area contributed by atoms with Crippen LogP contribution in [0.1, 0.15) is 41.9 Å². The number of carboxylic acid groups (broad SMARTS) is 1. The number of aromatic carboxylic acids is 1. The Morgan fingerprint density at radius 3 is 2.63 bits per heavy atom. The molecule has 7 nitrogen and oxygen atoms in total. The summed E-state index contributed by atoms with van der Waals surface area (Å²) in [6.07, 6.45) is 3.36. The molecule has 1 fully saturated rings. The molecule has 1 aromatic rings. The van der Waals surface area contributed by atoms with Crippen molar-refractivity contribution in [3.8, 4) is 0 Å². The molecule has 1 aliphatic rings. The van der Waals surface area contributed by atoms with Gasteiger partial charge in [-0.15, -0.1) is 0 Å². The quantitative estimate of drug-likeness (QED) is 0.715. The number of carboxylic acids is 1. The summed E-state index contributed by atoms with van der Waals surface area (Å²) in [6, 6.07) is 1.71. The van der Waals surface area contributed by atoms with Crippen molar-refractivity contribution in [2.45, 2.75) is 38.3 Å². The van der Waals surface area contributed by atoms with Gasteiger partial charge in [-0.3, -0.25) is 4.79 Å². The fraction of sp³-hybridized carbons (Fsp3) is 0.583. The number of nitrogens with zero attached hydrogens (tertiary/aromatic N) is 1. The van der Waals surface area contributed by atoms with Crippen LogP contribution in [0.4, 0.5) is 0 Å². The molecular weight excluding hydrogens is 250 g/mol. The molecule has 7 heteroatoms. The molecule has 4 N–H and O–H groups in total. The van der Waals surface area contributed by atoms with Crippen molar-refractivity contribution < 1.29 is 19.2 Å². The predicted molar refractivity (Wildman–Crippen MR) is 65.2 cm³/mol. The van der Waals surface area contributed by atoms with Crippen molar-refractivity contribution in [1.29, 1.82) is 0 Å². The van der Waals surface area contributed by atoms with Crippen molar-refractivity contribution in [1.82, 2.24) is 10.5 Å². The number of hydrogen-bond acceptors (Lipinski definition) is 5. The maximum Gasteiger partial charge on any atom is 0.358 e. The molecule has 1 saturated carbocycles. The number of rotatable bonds is 5. The molecule has 0 atom stereocenters. The van der Waals surface area contributed by atoms with Crippen molar-refractivity contribution in [3.63, 3.8) is 0 Å². The topological polar surface area (TPSA) is 118 Å². The fourth-order valence-corrected chi connectivity index (χ4v) is 2.32. The summed E-state index contributed by atoms with van der Waals surface area (Å²) in [5.74, 6) is -0.840. The molecule has 0 aromatic carbocycles. The zero-order valence-electron chi connectivity index (χ0n) is 10.5. The van der Waals surface area contributed by atoms with Crippen LogP contribution < -0.4 is 11.1 Å². The van der Waals surface area contributed by atoms with Gasteiger partial charge in [0.2, 0.25) is 5.91 Å². The molecule has 2 rings (SSSR count). The standard InChI is InChI=1S/C12H17N3O4/c13-11(16)7-1-3-8(4-2-7)14-6-9-5-10(12(17)18)15-19-9/h5,7-8,14H,1-4,6H2,(H2,13,16)(H,17,18). The van der Waals surface area contributed by atoms with Crippen LogP contribution in [0, 0.1) is 5.92 Å². The minimum atomic E-state index is -1.10. The van der Waals surface area contributed by atoms with E-state index in [0.717, 1.165) is 25.7 Å². The third-order valence-corrected chi connectivity index (χ3v) is 3.47. The van der Waals surface area contributed by atoms with Crippen LogP contribution in [0.25, 0.3) is 0 Å². The normalized spacial score (nSPS) is 23.2. The molecule has 1 heterocycles. The first-order chi connectivity index (χ1) is 9.06. The van der Waals surface area contributed by atoms with E-state index in [9.17, 15) is 9.59 Å². The van der Waals surface area contributed by atoms with Crippen LogP contribution >= 0.6 is 0 Å². The lowest BCUT2D eigenvalue weighted by atomic mass is 9.85. The molecular formula is C12H17N3O4. The number of amides is 1. The highest BCUT2D eigenvalue weighted by atomic mass is 16.5. The van der Waals surface area contributed by atoms with Crippen LogP contribution in [0.3, 0.4) is 0 Å². The highest BCUT2D eigenvalue weighted by Gasteiger charge is 2.24. The minimum absolute atomic E-state index is 0.0121. The fourth-order valence-electron chi connectivity index (χ4n) is 2.32. The molecule has 1 amide bonds. The van der Waals surface area contributed by atoms with E-state index in [1.165, 1.54) is 6.07 Å². The Morgan fingerprint density at radius 1 is 1.42 bits per heavy atom. The largest absolute Gasteiger partial charge is 0.476 e. The lowest BCUT2D eigenvalue weighted by Gasteiger charge is -2.27. The molecule has 0 spiro atoms. The molecule has 1 aromatic heterocycles. The Labute approximate surface area is 110 Å². The maximum atomic E-state index is 11.0. The number of aromatic nitrogens is 1. The highest BCUT2D eigenvalue weighted by Crippen LogP contribution is 2.24. The summed E-state index contributed by atoms with van der Waals surface area (Å²) < 4.78 is 4.91. The van der Waals surface area contributed by atoms with Crippen molar-refractivity contribution in [3.05, 3.63) is 17.5 Å². The second-order valence-corrected chi connectivity index (χ2v) is 4.82. The second-order valence-electron chi connectivity index (χ2n) is 4.82. The van der Waals surface area contributed by atoms with E-state index in [1.807, 2.05) is 0 Å². The van der Waals surface area contributed by atoms with Crippen LogP contribution in [0.2, 0.25) is 0 Å². The average Bonchev–Trinajstić information content (AvgIpc) is 2.86. The molecule has 0 unspecified atom stereocenters. The highest BCUT2D eigenvalue weighted by molar-refractivity contribution is 5.85. The lowest BCUT2D eigenvalue weighted by molar-refractivity contribution is -0.122. The van der Waals surface area contributed by atoms with E-state index in [4.69, 9.17) is 15.4 Å². The second kappa shape index (κ2) is 5.83. The average molecular weight is 267 g/mol. The van der Waals surface area contributed by atoms with Crippen LogP contribution in [0.5, 0.6) is 0 Å². The molecule has 0 saturated heterocycles. The maximum absolute atomic E-state index is 11.0. The van der Waals surface area contributed by atoms with Crippen molar-refractivity contribution in [2.75, 3.05) is 0 Å². The lowest BCUT2D eigenvalue weighted by Crippen LogP contribution is -2.36. The number of nitrogens with one attached hydrogen (secondary N) is 1. The number of nitrogens with two attached hydrogens (primary N) is 1. The van der Waals surface area contributed by atoms with Gasteiger partial charge in [0.15, 0.2) is 11.5 Å². The van der Waals surface area contributed by atoms with Gasteiger partial charge in [-0.05, 0) is 25.7 Å². The van der Waals surface area contributed by atoms with Gasteiger partial charge >= 0.3 is 5.97 Å². The van der Waals surface area contributed by atoms with E-state index in [2.05, 4.69) is 10.5 Å². The zero-order valence-corrected chi connectivity index (χ0v) is 10.5. The van der Waals surface area contributed by atoms with Crippen LogP contribution in [0.15, 0.2) is 10.6 Å². The Morgan fingerprint density at radius 2 is 2.11 bits per heavy atom. The summed E-state index contributed by atoms with van der Waals surface area (Å²) in [6.45, 7) is 0.437. The van der Waals surface area contributed by atoms with Gasteiger partial charge in [-0.2, -0.15) is 0 Å². The Balaban J connectivity index is 1.77. The summed E-state index contributed by atoms with van der Waals surface area (Å²) in [7, 11) is 0. The SMILES string of the molecule is NC(=O)C1CCC(NCc2cc(C(=O)O)no2)CC1. The minimum Gasteiger partial charge on any atom is -0.476 e. The first-order valence-electron chi connectivity index (χ1n) is 6.28. The predicted octanol–water partition coefficient (Wildman–Crippen LogP) is 0.506. The third kappa shape index (κ3) is 3.54. The van der Waals surface area contributed by atoms with Gasteiger partial charge < -0.3 is 20.7 Å². The molecule has 1 aliphatic carbocycles. The van der Waals surface area contributed by atoms with Gasteiger partial charge in [0, 0.05) is 18.0 Å². The molecule has 104 valence electrons. The summed E-state index contributed by atoms with van der Waals surface area (Å²) in [4.78, 5) is 21.7. The van der Waals surface area contributed by atoms with E-state index in [1.54, 1.807) is 0 Å². The third-order valence-electron chi connectivity index (χ3n) is 3.47. The van der Waals surface area contributed by atoms with Crippen molar-refractivity contribution >= 4 is 11.9 Å². The van der Waals surface area contributed by atoms with Crippen LogP contribution in [-0.2, 0) is 11.3 Å². The zero-order chi connectivity index (χ0) is 13.8. The molecule has 0 radical (unpaired) electrons. The monoisotopic (exact) mass is 267 g/mol. The van der Waals surface area contributed by atoms with Gasteiger partial charge in [0.1, 0.15) is 0 Å². The van der Waals surface area contributed by atoms with Crippen molar-refractivity contribution in [2.24, 2.45) is 11.7 Å². The number of carbonyl (C=O) groups excluding carboxylic acids is 1. The van der Waals surface area contributed by atoms with Gasteiger partial charge in [-0.25, -0.2) is 4.79 Å². The Hall–Kier alpha value is -1.89. The number of hydrogen-bond donors (Lipinski definition) is 3. The Bertz CT molecular complexity index is 463. The first-order valence-corrected chi connectivity index (χ1v) is 6.28. The van der Waals surface area contributed by atoms with Crippen LogP contribution in [-0.4, -0.2) is 28.2 Å². The molecule has 0 aliphatic heterocycles. The van der Waals surface area contributed by atoms with Gasteiger partial charge in [0.05, 0.1) is 6.54 Å². The Kier molecular flexibility index (Phi) is 4.16. The van der Waals surface area contributed by atoms with E-state index < -0.39 is 5.97 Å². The summed E-state index contributed by atoms with van der Waals surface area (Å²) in [5, 5.41) is 15.4. The van der Waals surface area contributed by atoms with Gasteiger partial charge in [0.25, 0.3) is 0 Å². The van der Waals surface area contributed by atoms with E-state index >= 15 is 0 Å². The smallest absolute Gasteiger partial charge is 0.358 e. The van der Waals surface area contributed by atoms with E-state index in [-0.39, 0.29) is 17.5 Å². The summed E-state index contributed by atoms with van der Waals surface area (Å²) in [5.41, 5.74) is 5.18. The number of carbonyl (C=O) groups is 2.